The van der Waals surface area contributed by atoms with Crippen molar-refractivity contribution < 1.29 is 9.47 Å². The van der Waals surface area contributed by atoms with Gasteiger partial charge in [0, 0.05) is 29.7 Å². The standard InChI is InChI=1S/C13H14N2O3/c1-17-9-2-3-10-11(6-9)14-13(16)15-12(10)8-4-5-18-7-8/h2-3,6,8H,4-5,7H2,1H3,(H,14,15,16). The van der Waals surface area contributed by atoms with Gasteiger partial charge in [0.1, 0.15) is 5.75 Å². The minimum atomic E-state index is -0.322. The fourth-order valence-corrected chi connectivity index (χ4v) is 2.36. The molecule has 1 saturated heterocycles. The second kappa shape index (κ2) is 4.42. The van der Waals surface area contributed by atoms with Gasteiger partial charge in [-0.1, -0.05) is 0 Å². The maximum absolute atomic E-state index is 11.6. The first-order valence-corrected chi connectivity index (χ1v) is 5.93. The van der Waals surface area contributed by atoms with Crippen molar-refractivity contribution in [2.24, 2.45) is 0 Å². The van der Waals surface area contributed by atoms with Gasteiger partial charge in [-0.2, -0.15) is 4.98 Å². The van der Waals surface area contributed by atoms with Crippen LogP contribution in [0.15, 0.2) is 23.0 Å². The van der Waals surface area contributed by atoms with Crippen LogP contribution in [0, 0.1) is 0 Å². The lowest BCUT2D eigenvalue weighted by atomic mass is 10.0. The van der Waals surface area contributed by atoms with E-state index in [9.17, 15) is 4.79 Å². The van der Waals surface area contributed by atoms with Gasteiger partial charge in [-0.05, 0) is 18.6 Å². The molecule has 5 heteroatoms. The average Bonchev–Trinajstić information content (AvgIpc) is 2.90. The third-order valence-electron chi connectivity index (χ3n) is 3.30. The molecule has 3 rings (SSSR count). The summed E-state index contributed by atoms with van der Waals surface area (Å²) in [7, 11) is 1.60. The maximum Gasteiger partial charge on any atom is 0.345 e. The summed E-state index contributed by atoms with van der Waals surface area (Å²) in [5.74, 6) is 0.950. The number of aromatic nitrogens is 2. The lowest BCUT2D eigenvalue weighted by Crippen LogP contribution is -2.16. The first-order valence-electron chi connectivity index (χ1n) is 5.93. The molecule has 1 N–H and O–H groups in total. The van der Waals surface area contributed by atoms with Crippen molar-refractivity contribution in [3.05, 3.63) is 34.4 Å². The van der Waals surface area contributed by atoms with E-state index in [1.54, 1.807) is 13.2 Å². The van der Waals surface area contributed by atoms with E-state index in [2.05, 4.69) is 9.97 Å². The minimum Gasteiger partial charge on any atom is -0.497 e. The molecule has 18 heavy (non-hydrogen) atoms. The Morgan fingerprint density at radius 2 is 2.39 bits per heavy atom. The Hall–Kier alpha value is -1.88. The van der Waals surface area contributed by atoms with Gasteiger partial charge in [-0.15, -0.1) is 0 Å². The molecule has 0 saturated carbocycles. The van der Waals surface area contributed by atoms with Crippen LogP contribution in [0.3, 0.4) is 0 Å². The Balaban J connectivity index is 2.20. The predicted octanol–water partition coefficient (Wildman–Crippen LogP) is 1.44. The van der Waals surface area contributed by atoms with Crippen molar-refractivity contribution in [3.8, 4) is 5.75 Å². The number of H-pyrrole nitrogens is 1. The molecule has 1 aromatic carbocycles. The van der Waals surface area contributed by atoms with Crippen molar-refractivity contribution in [3.63, 3.8) is 0 Å². The van der Waals surface area contributed by atoms with Crippen LogP contribution in [0.4, 0.5) is 0 Å². The molecule has 0 radical (unpaired) electrons. The van der Waals surface area contributed by atoms with Crippen LogP contribution in [0.1, 0.15) is 18.0 Å². The number of hydrogen-bond acceptors (Lipinski definition) is 4. The molecule has 1 fully saturated rings. The van der Waals surface area contributed by atoms with Crippen LogP contribution >= 0.6 is 0 Å². The Morgan fingerprint density at radius 1 is 1.50 bits per heavy atom. The van der Waals surface area contributed by atoms with E-state index in [1.807, 2.05) is 12.1 Å². The van der Waals surface area contributed by atoms with Crippen molar-refractivity contribution in [1.29, 1.82) is 0 Å². The van der Waals surface area contributed by atoms with E-state index in [1.165, 1.54) is 0 Å². The topological polar surface area (TPSA) is 64.2 Å². The van der Waals surface area contributed by atoms with Crippen LogP contribution in [0.5, 0.6) is 5.75 Å². The van der Waals surface area contributed by atoms with Gasteiger partial charge in [0.15, 0.2) is 0 Å². The van der Waals surface area contributed by atoms with Crippen molar-refractivity contribution in [2.75, 3.05) is 20.3 Å². The van der Waals surface area contributed by atoms with Gasteiger partial charge >= 0.3 is 5.69 Å². The molecule has 2 aromatic rings. The monoisotopic (exact) mass is 246 g/mol. The SMILES string of the molecule is COc1ccc2c(C3CCOC3)[nH]c(=O)nc2c1. The van der Waals surface area contributed by atoms with Crippen LogP contribution < -0.4 is 10.4 Å². The maximum atomic E-state index is 11.6. The molecular weight excluding hydrogens is 232 g/mol. The third kappa shape index (κ3) is 1.86. The highest BCUT2D eigenvalue weighted by Gasteiger charge is 2.21. The number of fused-ring (bicyclic) bond motifs is 1. The zero-order valence-corrected chi connectivity index (χ0v) is 10.1. The molecule has 1 unspecified atom stereocenters. The first-order chi connectivity index (χ1) is 8.78. The van der Waals surface area contributed by atoms with E-state index in [-0.39, 0.29) is 11.6 Å². The summed E-state index contributed by atoms with van der Waals surface area (Å²) in [5.41, 5.74) is 1.27. The molecule has 5 nitrogen and oxygen atoms in total. The lowest BCUT2D eigenvalue weighted by Gasteiger charge is -2.11. The molecule has 1 aliphatic rings. The van der Waals surface area contributed by atoms with Crippen LogP contribution in [0.2, 0.25) is 0 Å². The van der Waals surface area contributed by atoms with Crippen molar-refractivity contribution in [1.82, 2.24) is 9.97 Å². The smallest absolute Gasteiger partial charge is 0.345 e. The van der Waals surface area contributed by atoms with Gasteiger partial charge < -0.3 is 14.5 Å². The van der Waals surface area contributed by atoms with Gasteiger partial charge in [-0.25, -0.2) is 4.79 Å². The summed E-state index contributed by atoms with van der Waals surface area (Å²) >= 11 is 0. The highest BCUT2D eigenvalue weighted by atomic mass is 16.5. The number of methoxy groups -OCH3 is 1. The zero-order valence-electron chi connectivity index (χ0n) is 10.1. The highest BCUT2D eigenvalue weighted by Crippen LogP contribution is 2.29. The Morgan fingerprint density at radius 3 is 3.11 bits per heavy atom. The second-order valence-electron chi connectivity index (χ2n) is 4.40. The molecule has 1 atom stereocenters. The molecule has 94 valence electrons. The lowest BCUT2D eigenvalue weighted by molar-refractivity contribution is 0.193. The molecule has 0 spiro atoms. The van der Waals surface area contributed by atoms with E-state index >= 15 is 0 Å². The van der Waals surface area contributed by atoms with Gasteiger partial charge in [0.2, 0.25) is 0 Å². The highest BCUT2D eigenvalue weighted by molar-refractivity contribution is 5.82. The zero-order chi connectivity index (χ0) is 12.5. The third-order valence-corrected chi connectivity index (χ3v) is 3.30. The molecule has 0 bridgehead atoms. The van der Waals surface area contributed by atoms with E-state index in [0.717, 1.165) is 24.1 Å². The summed E-state index contributed by atoms with van der Waals surface area (Å²) in [5, 5.41) is 0.964. The Bertz CT molecular complexity index is 630. The Labute approximate surface area is 104 Å². The van der Waals surface area contributed by atoms with Gasteiger partial charge in [0.25, 0.3) is 0 Å². The number of aromatic amines is 1. The van der Waals surface area contributed by atoms with Crippen LogP contribution in [-0.2, 0) is 4.74 Å². The van der Waals surface area contributed by atoms with Crippen LogP contribution in [-0.4, -0.2) is 30.3 Å². The number of nitrogens with one attached hydrogen (secondary N) is 1. The fourth-order valence-electron chi connectivity index (χ4n) is 2.36. The summed E-state index contributed by atoms with van der Waals surface area (Å²) in [4.78, 5) is 18.4. The predicted molar refractivity (Wildman–Crippen MR) is 67.1 cm³/mol. The van der Waals surface area contributed by atoms with Crippen molar-refractivity contribution >= 4 is 10.9 Å². The van der Waals surface area contributed by atoms with Crippen LogP contribution in [0.25, 0.3) is 10.9 Å². The number of rotatable bonds is 2. The molecule has 2 heterocycles. The van der Waals surface area contributed by atoms with Gasteiger partial charge in [-0.3, -0.25) is 0 Å². The molecule has 1 aliphatic heterocycles. The van der Waals surface area contributed by atoms with E-state index in [0.29, 0.717) is 17.9 Å². The molecular formula is C13H14N2O3. The van der Waals surface area contributed by atoms with E-state index in [4.69, 9.17) is 9.47 Å². The summed E-state index contributed by atoms with van der Waals surface area (Å²) in [6.45, 7) is 1.40. The molecule has 1 aromatic heterocycles. The first kappa shape index (κ1) is 11.2. The quantitative estimate of drug-likeness (QED) is 0.870. The van der Waals surface area contributed by atoms with E-state index < -0.39 is 0 Å². The summed E-state index contributed by atoms with van der Waals surface area (Å²) in [6, 6.07) is 5.59. The Kier molecular flexibility index (Phi) is 2.76. The number of benzene rings is 1. The van der Waals surface area contributed by atoms with Crippen molar-refractivity contribution in [2.45, 2.75) is 12.3 Å². The normalized spacial score (nSPS) is 19.3. The fraction of sp³-hybridized carbons (Fsp3) is 0.385. The summed E-state index contributed by atoms with van der Waals surface area (Å²) in [6.07, 6.45) is 0.932. The second-order valence-corrected chi connectivity index (χ2v) is 4.40. The largest absolute Gasteiger partial charge is 0.497 e. The average molecular weight is 246 g/mol. The molecule has 0 amide bonds. The number of nitrogens with zero attached hydrogens (tertiary/aromatic N) is 1. The molecule has 0 aliphatic carbocycles. The van der Waals surface area contributed by atoms with Gasteiger partial charge in [0.05, 0.1) is 19.2 Å². The minimum absolute atomic E-state index is 0.247. The summed E-state index contributed by atoms with van der Waals surface area (Å²) < 4.78 is 10.5. The number of ether oxygens (including phenoxy) is 2. The number of hydrogen-bond donors (Lipinski definition) is 1.